The quantitative estimate of drug-likeness (QED) is 0.699. The second-order valence-corrected chi connectivity index (χ2v) is 4.10. The van der Waals surface area contributed by atoms with Crippen LogP contribution in [0.25, 0.3) is 0 Å². The zero-order valence-corrected chi connectivity index (χ0v) is 10.1. The van der Waals surface area contributed by atoms with Crippen molar-refractivity contribution in [3.8, 4) is 0 Å². The molecular weight excluding hydrogens is 232 g/mol. The third kappa shape index (κ3) is 3.31. The standard InChI is InChI=1S/C10H18N2O3.ClH/c11-8-1-2-9(15-7-8)10(13)12-3-5-14-6-4-12;/h8-9H,1-7,11H2;1H/t8-,9+;/m1./s1. The molecule has 5 nitrogen and oxygen atoms in total. The molecule has 0 aromatic rings. The Balaban J connectivity index is 0.00000128. The summed E-state index contributed by atoms with van der Waals surface area (Å²) >= 11 is 0. The molecule has 2 saturated heterocycles. The van der Waals surface area contributed by atoms with Crippen molar-refractivity contribution in [3.63, 3.8) is 0 Å². The van der Waals surface area contributed by atoms with Crippen molar-refractivity contribution in [1.29, 1.82) is 0 Å². The highest BCUT2D eigenvalue weighted by Crippen LogP contribution is 2.15. The second-order valence-electron chi connectivity index (χ2n) is 4.10. The number of nitrogens with zero attached hydrogens (tertiary/aromatic N) is 1. The van der Waals surface area contributed by atoms with Crippen molar-refractivity contribution in [3.05, 3.63) is 0 Å². The van der Waals surface area contributed by atoms with E-state index in [-0.39, 0.29) is 30.5 Å². The Morgan fingerprint density at radius 2 is 1.94 bits per heavy atom. The van der Waals surface area contributed by atoms with Crippen LogP contribution < -0.4 is 5.73 Å². The van der Waals surface area contributed by atoms with Gasteiger partial charge < -0.3 is 20.1 Å². The summed E-state index contributed by atoms with van der Waals surface area (Å²) in [6.07, 6.45) is 1.35. The van der Waals surface area contributed by atoms with Gasteiger partial charge in [0.05, 0.1) is 19.8 Å². The molecule has 0 aromatic heterocycles. The number of morpholine rings is 1. The van der Waals surface area contributed by atoms with Gasteiger partial charge in [-0.1, -0.05) is 0 Å². The molecule has 2 rings (SSSR count). The third-order valence-corrected chi connectivity index (χ3v) is 2.91. The number of halogens is 1. The summed E-state index contributed by atoms with van der Waals surface area (Å²) in [5, 5.41) is 0. The van der Waals surface area contributed by atoms with Gasteiger partial charge in [-0.25, -0.2) is 0 Å². The minimum Gasteiger partial charge on any atom is -0.378 e. The molecule has 2 N–H and O–H groups in total. The van der Waals surface area contributed by atoms with Crippen LogP contribution in [0.15, 0.2) is 0 Å². The number of hydrogen-bond acceptors (Lipinski definition) is 4. The van der Waals surface area contributed by atoms with Gasteiger partial charge in [-0.3, -0.25) is 4.79 Å². The molecule has 16 heavy (non-hydrogen) atoms. The highest BCUT2D eigenvalue weighted by molar-refractivity contribution is 5.85. The van der Waals surface area contributed by atoms with Crippen molar-refractivity contribution < 1.29 is 14.3 Å². The molecule has 2 aliphatic rings. The number of nitrogens with two attached hydrogens (primary N) is 1. The van der Waals surface area contributed by atoms with E-state index in [1.165, 1.54) is 0 Å². The largest absolute Gasteiger partial charge is 0.378 e. The first-order valence-corrected chi connectivity index (χ1v) is 5.51. The highest BCUT2D eigenvalue weighted by Gasteiger charge is 2.29. The molecule has 2 aliphatic heterocycles. The first kappa shape index (κ1) is 13.7. The number of carbonyl (C=O) groups excluding carboxylic acids is 1. The van der Waals surface area contributed by atoms with Crippen LogP contribution in [0.1, 0.15) is 12.8 Å². The Kier molecular flexibility index (Phi) is 5.48. The van der Waals surface area contributed by atoms with Crippen molar-refractivity contribution >= 4 is 18.3 Å². The lowest BCUT2D eigenvalue weighted by molar-refractivity contribution is -0.151. The summed E-state index contributed by atoms with van der Waals surface area (Å²) in [4.78, 5) is 13.8. The molecule has 0 unspecified atom stereocenters. The summed E-state index contributed by atoms with van der Waals surface area (Å²) in [5.41, 5.74) is 5.71. The highest BCUT2D eigenvalue weighted by atomic mass is 35.5. The number of hydrogen-bond donors (Lipinski definition) is 1. The summed E-state index contributed by atoms with van der Waals surface area (Å²) < 4.78 is 10.6. The monoisotopic (exact) mass is 250 g/mol. The summed E-state index contributed by atoms with van der Waals surface area (Å²) in [6, 6.07) is 0.0961. The van der Waals surface area contributed by atoms with Gasteiger partial charge in [0.25, 0.3) is 5.91 Å². The molecule has 0 aromatic carbocycles. The van der Waals surface area contributed by atoms with Crippen LogP contribution in [0.2, 0.25) is 0 Å². The molecule has 0 spiro atoms. The molecule has 0 aliphatic carbocycles. The lowest BCUT2D eigenvalue weighted by Crippen LogP contribution is -2.49. The van der Waals surface area contributed by atoms with Gasteiger partial charge in [0, 0.05) is 19.1 Å². The predicted octanol–water partition coefficient (Wildman–Crippen LogP) is -0.227. The average molecular weight is 251 g/mol. The lowest BCUT2D eigenvalue weighted by Gasteiger charge is -2.33. The average Bonchev–Trinajstić information content (AvgIpc) is 2.30. The van der Waals surface area contributed by atoms with Crippen LogP contribution in [0.3, 0.4) is 0 Å². The van der Waals surface area contributed by atoms with Crippen LogP contribution >= 0.6 is 12.4 Å². The molecule has 2 atom stereocenters. The molecule has 0 bridgehead atoms. The number of amides is 1. The van der Waals surface area contributed by atoms with E-state index in [1.807, 2.05) is 4.90 Å². The Bertz CT molecular complexity index is 226. The summed E-state index contributed by atoms with van der Waals surface area (Å²) in [5.74, 6) is 0.102. The van der Waals surface area contributed by atoms with E-state index in [9.17, 15) is 4.79 Å². The maximum absolute atomic E-state index is 12.0. The first-order chi connectivity index (χ1) is 7.27. The second kappa shape index (κ2) is 6.39. The summed E-state index contributed by atoms with van der Waals surface area (Å²) in [6.45, 7) is 3.15. The van der Waals surface area contributed by atoms with Crippen molar-refractivity contribution in [2.45, 2.75) is 25.0 Å². The molecular formula is C10H19ClN2O3. The zero-order chi connectivity index (χ0) is 10.7. The molecule has 6 heteroatoms. The van der Waals surface area contributed by atoms with E-state index in [0.29, 0.717) is 32.9 Å². The molecule has 2 fully saturated rings. The van der Waals surface area contributed by atoms with Gasteiger partial charge in [-0.05, 0) is 12.8 Å². The molecule has 94 valence electrons. The van der Waals surface area contributed by atoms with Crippen molar-refractivity contribution in [1.82, 2.24) is 4.90 Å². The fourth-order valence-corrected chi connectivity index (χ4v) is 1.95. The summed E-state index contributed by atoms with van der Waals surface area (Å²) in [7, 11) is 0. The van der Waals surface area contributed by atoms with Gasteiger partial charge in [0.2, 0.25) is 0 Å². The van der Waals surface area contributed by atoms with Crippen LogP contribution in [0.4, 0.5) is 0 Å². The molecule has 0 radical (unpaired) electrons. The number of carbonyl (C=O) groups is 1. The number of ether oxygens (including phenoxy) is 2. The van der Waals surface area contributed by atoms with Crippen molar-refractivity contribution in [2.75, 3.05) is 32.9 Å². The van der Waals surface area contributed by atoms with Crippen LogP contribution in [-0.2, 0) is 14.3 Å². The van der Waals surface area contributed by atoms with E-state index < -0.39 is 0 Å². The topological polar surface area (TPSA) is 64.8 Å². The van der Waals surface area contributed by atoms with E-state index in [0.717, 1.165) is 12.8 Å². The SMILES string of the molecule is Cl.N[C@@H]1CC[C@@H](C(=O)N2CCOCC2)OC1. The maximum atomic E-state index is 12.0. The van der Waals surface area contributed by atoms with Gasteiger partial charge in [0.1, 0.15) is 6.10 Å². The fourth-order valence-electron chi connectivity index (χ4n) is 1.95. The van der Waals surface area contributed by atoms with E-state index in [4.69, 9.17) is 15.2 Å². The smallest absolute Gasteiger partial charge is 0.251 e. The Morgan fingerprint density at radius 1 is 1.25 bits per heavy atom. The Hall–Kier alpha value is -0.360. The number of rotatable bonds is 1. The van der Waals surface area contributed by atoms with Gasteiger partial charge in [-0.2, -0.15) is 0 Å². The Labute approximate surface area is 102 Å². The first-order valence-electron chi connectivity index (χ1n) is 5.51. The predicted molar refractivity (Wildman–Crippen MR) is 61.6 cm³/mol. The lowest BCUT2D eigenvalue weighted by atomic mass is 10.0. The Morgan fingerprint density at radius 3 is 2.50 bits per heavy atom. The fraction of sp³-hybridized carbons (Fsp3) is 0.900. The molecule has 1 amide bonds. The van der Waals surface area contributed by atoms with Gasteiger partial charge >= 0.3 is 0 Å². The van der Waals surface area contributed by atoms with E-state index >= 15 is 0 Å². The minimum absolute atomic E-state index is 0. The van der Waals surface area contributed by atoms with Crippen molar-refractivity contribution in [2.24, 2.45) is 5.73 Å². The van der Waals surface area contributed by atoms with Crippen LogP contribution in [0.5, 0.6) is 0 Å². The van der Waals surface area contributed by atoms with Gasteiger partial charge in [-0.15, -0.1) is 12.4 Å². The van der Waals surface area contributed by atoms with E-state index in [1.54, 1.807) is 0 Å². The molecule has 0 saturated carbocycles. The maximum Gasteiger partial charge on any atom is 0.251 e. The van der Waals surface area contributed by atoms with Gasteiger partial charge in [0.15, 0.2) is 0 Å². The third-order valence-electron chi connectivity index (χ3n) is 2.91. The zero-order valence-electron chi connectivity index (χ0n) is 9.26. The normalized spacial score (nSPS) is 30.7. The molecule has 2 heterocycles. The van der Waals surface area contributed by atoms with E-state index in [2.05, 4.69) is 0 Å². The van der Waals surface area contributed by atoms with Crippen LogP contribution in [0, 0.1) is 0 Å². The minimum atomic E-state index is -0.275. The van der Waals surface area contributed by atoms with Crippen LogP contribution in [-0.4, -0.2) is 55.9 Å².